The number of halogens is 1. The van der Waals surface area contributed by atoms with Gasteiger partial charge in [-0.25, -0.2) is 12.8 Å². The highest BCUT2D eigenvalue weighted by Gasteiger charge is 2.30. The zero-order valence-electron chi connectivity index (χ0n) is 22.2. The highest BCUT2D eigenvalue weighted by molar-refractivity contribution is 7.92. The minimum atomic E-state index is -3.74. The van der Waals surface area contributed by atoms with Crippen LogP contribution in [0.1, 0.15) is 34.3 Å². The quantitative estimate of drug-likeness (QED) is 0.219. The zero-order valence-corrected chi connectivity index (χ0v) is 23.0. The number of nitrogens with zero attached hydrogens (tertiary/aromatic N) is 1. The maximum atomic E-state index is 14.0. The van der Waals surface area contributed by atoms with Crippen molar-refractivity contribution < 1.29 is 26.8 Å². The summed E-state index contributed by atoms with van der Waals surface area (Å²) in [6.45, 7) is 4.63. The van der Waals surface area contributed by atoms with Crippen molar-refractivity contribution >= 4 is 32.6 Å². The second-order valence-corrected chi connectivity index (χ2v) is 12.2. The van der Waals surface area contributed by atoms with Crippen molar-refractivity contribution in [2.45, 2.75) is 25.9 Å². The molecule has 5 rings (SSSR count). The van der Waals surface area contributed by atoms with E-state index in [1.165, 1.54) is 22.5 Å². The molecule has 0 radical (unpaired) electrons. The van der Waals surface area contributed by atoms with Crippen molar-refractivity contribution in [3.8, 4) is 11.3 Å². The molecule has 2 N–H and O–H groups in total. The third-order valence-corrected chi connectivity index (χ3v) is 8.01. The van der Waals surface area contributed by atoms with Gasteiger partial charge >= 0.3 is 0 Å². The van der Waals surface area contributed by atoms with Crippen LogP contribution in [0.25, 0.3) is 22.3 Å². The van der Waals surface area contributed by atoms with Crippen LogP contribution in [0.5, 0.6) is 0 Å². The smallest absolute Gasteiger partial charge is 0.253 e. The molecule has 1 aromatic heterocycles. The number of hydrogen-bond acceptors (Lipinski definition) is 5. The molecule has 1 aliphatic carbocycles. The molecule has 40 heavy (non-hydrogen) atoms. The average Bonchev–Trinajstić information content (AvgIpc) is 3.64. The monoisotopic (exact) mass is 562 g/mol. The topological polar surface area (TPSA) is 103 Å². The number of hydrogen-bond donors (Lipinski definition) is 1. The lowest BCUT2D eigenvalue weighted by molar-refractivity contribution is 0.100. The molecule has 0 spiro atoms. The fourth-order valence-corrected chi connectivity index (χ4v) is 5.74. The van der Waals surface area contributed by atoms with Gasteiger partial charge in [-0.05, 0) is 60.1 Å². The van der Waals surface area contributed by atoms with Gasteiger partial charge in [-0.2, -0.15) is 0 Å². The first kappa shape index (κ1) is 27.6. The van der Waals surface area contributed by atoms with Crippen LogP contribution in [0.3, 0.4) is 0 Å². The summed E-state index contributed by atoms with van der Waals surface area (Å²) in [5, 5.41) is 0.463. The van der Waals surface area contributed by atoms with Crippen LogP contribution in [-0.4, -0.2) is 33.7 Å². The van der Waals surface area contributed by atoms with Crippen LogP contribution in [0.4, 0.5) is 10.1 Å². The number of furan rings is 1. The van der Waals surface area contributed by atoms with Gasteiger partial charge in [-0.3, -0.25) is 9.10 Å². The number of ether oxygens (including phenoxy) is 1. The van der Waals surface area contributed by atoms with E-state index in [2.05, 4.69) is 6.58 Å². The predicted molar refractivity (Wildman–Crippen MR) is 154 cm³/mol. The minimum absolute atomic E-state index is 0.0108. The molecule has 0 aliphatic heterocycles. The molecule has 7 nitrogen and oxygen atoms in total. The lowest BCUT2D eigenvalue weighted by atomic mass is 10.00. The van der Waals surface area contributed by atoms with Crippen molar-refractivity contribution in [2.75, 3.05) is 23.7 Å². The van der Waals surface area contributed by atoms with Crippen LogP contribution in [0, 0.1) is 11.7 Å². The van der Waals surface area contributed by atoms with Crippen LogP contribution < -0.4 is 10.0 Å². The van der Waals surface area contributed by atoms with Crippen LogP contribution in [-0.2, 0) is 27.8 Å². The van der Waals surface area contributed by atoms with Crippen molar-refractivity contribution in [3.05, 3.63) is 101 Å². The van der Waals surface area contributed by atoms with E-state index < -0.39 is 21.7 Å². The average molecular weight is 563 g/mol. The van der Waals surface area contributed by atoms with Gasteiger partial charge in [-0.1, -0.05) is 49.0 Å². The van der Waals surface area contributed by atoms with E-state index in [4.69, 9.17) is 14.9 Å². The van der Waals surface area contributed by atoms with Gasteiger partial charge in [0.25, 0.3) is 5.91 Å². The normalized spacial score (nSPS) is 13.4. The van der Waals surface area contributed by atoms with Crippen molar-refractivity contribution in [1.82, 2.24) is 0 Å². The molecule has 0 unspecified atom stereocenters. The maximum absolute atomic E-state index is 14.0. The van der Waals surface area contributed by atoms with Gasteiger partial charge in [0, 0.05) is 17.0 Å². The first-order chi connectivity index (χ1) is 19.1. The SMILES string of the molecule is C=C(COCc1ccccc1)CN(c1cc2oc(-c3cccc(F)c3)c(C(N)=O)c2cc1CC1CC1)S(C)(=O)=O. The third kappa shape index (κ3) is 6.26. The fourth-order valence-electron chi connectivity index (χ4n) is 4.80. The lowest BCUT2D eigenvalue weighted by Crippen LogP contribution is -2.33. The van der Waals surface area contributed by atoms with Gasteiger partial charge in [-0.15, -0.1) is 0 Å². The summed E-state index contributed by atoms with van der Waals surface area (Å²) in [7, 11) is -3.74. The van der Waals surface area contributed by atoms with E-state index in [0.29, 0.717) is 41.2 Å². The molecule has 0 atom stereocenters. The molecule has 1 amide bonds. The Morgan fingerprint density at radius 1 is 1.12 bits per heavy atom. The summed E-state index contributed by atoms with van der Waals surface area (Å²) in [6.07, 6.45) is 3.86. The second-order valence-electron chi connectivity index (χ2n) is 10.3. The summed E-state index contributed by atoms with van der Waals surface area (Å²) < 4.78 is 53.3. The molecule has 208 valence electrons. The van der Waals surface area contributed by atoms with E-state index in [0.717, 1.165) is 30.2 Å². The molecule has 4 aromatic rings. The third-order valence-electron chi connectivity index (χ3n) is 6.88. The Kier molecular flexibility index (Phi) is 7.78. The number of carbonyl (C=O) groups is 1. The van der Waals surface area contributed by atoms with Crippen molar-refractivity contribution in [2.24, 2.45) is 11.7 Å². The van der Waals surface area contributed by atoms with E-state index in [-0.39, 0.29) is 30.1 Å². The molecular weight excluding hydrogens is 531 g/mol. The number of fused-ring (bicyclic) bond motifs is 1. The number of nitrogens with two attached hydrogens (primary N) is 1. The zero-order chi connectivity index (χ0) is 28.4. The highest BCUT2D eigenvalue weighted by Crippen LogP contribution is 2.41. The Morgan fingerprint density at radius 3 is 2.52 bits per heavy atom. The van der Waals surface area contributed by atoms with Crippen molar-refractivity contribution in [3.63, 3.8) is 0 Å². The highest BCUT2D eigenvalue weighted by atomic mass is 32.2. The summed E-state index contributed by atoms with van der Waals surface area (Å²) in [5.74, 6) is -0.644. The Balaban J connectivity index is 1.52. The van der Waals surface area contributed by atoms with E-state index in [9.17, 15) is 17.6 Å². The molecule has 1 aliphatic rings. The minimum Gasteiger partial charge on any atom is -0.455 e. The van der Waals surface area contributed by atoms with Crippen LogP contribution in [0.15, 0.2) is 83.3 Å². The van der Waals surface area contributed by atoms with E-state index in [1.54, 1.807) is 18.2 Å². The molecule has 3 aromatic carbocycles. The van der Waals surface area contributed by atoms with Gasteiger partial charge < -0.3 is 14.9 Å². The first-order valence-corrected chi connectivity index (χ1v) is 14.9. The number of anilines is 1. The lowest BCUT2D eigenvalue weighted by Gasteiger charge is -2.26. The number of rotatable bonds is 12. The van der Waals surface area contributed by atoms with E-state index >= 15 is 0 Å². The molecule has 1 fully saturated rings. The summed E-state index contributed by atoms with van der Waals surface area (Å²) in [5.41, 5.74) is 9.32. The molecule has 1 saturated carbocycles. The number of sulfonamides is 1. The maximum Gasteiger partial charge on any atom is 0.253 e. The fraction of sp³-hybridized carbons (Fsp3) is 0.258. The van der Waals surface area contributed by atoms with Crippen molar-refractivity contribution in [1.29, 1.82) is 0 Å². The molecule has 1 heterocycles. The number of primary amides is 1. The Bertz CT molecular complexity index is 1680. The van der Waals surface area contributed by atoms with Gasteiger partial charge in [0.15, 0.2) is 0 Å². The summed E-state index contributed by atoms with van der Waals surface area (Å²) in [4.78, 5) is 12.6. The van der Waals surface area contributed by atoms with Gasteiger partial charge in [0.05, 0.1) is 37.3 Å². The molecule has 0 bridgehead atoms. The van der Waals surface area contributed by atoms with E-state index in [1.807, 2.05) is 30.3 Å². The first-order valence-electron chi connectivity index (χ1n) is 13.0. The molecule has 0 saturated heterocycles. The van der Waals surface area contributed by atoms with Gasteiger partial charge in [0.1, 0.15) is 17.2 Å². The largest absolute Gasteiger partial charge is 0.455 e. The summed E-state index contributed by atoms with van der Waals surface area (Å²) >= 11 is 0. The Hall–Kier alpha value is -3.95. The molecule has 9 heteroatoms. The summed E-state index contributed by atoms with van der Waals surface area (Å²) in [6, 6.07) is 18.8. The predicted octanol–water partition coefficient (Wildman–Crippen LogP) is 5.83. The standard InChI is InChI=1S/C31H31FN2O5S/c1-20(18-38-19-22-7-4-3-5-8-22)17-34(40(2,36)37)27-16-28-26(15-24(27)13-21-11-12-21)29(31(33)35)30(39-28)23-9-6-10-25(32)14-23/h3-10,14-16,21H,1,11-13,17-19H2,2H3,(H2,33,35). The van der Waals surface area contributed by atoms with Crippen LogP contribution in [0.2, 0.25) is 0 Å². The Labute approximate surface area is 233 Å². The number of benzene rings is 3. The van der Waals surface area contributed by atoms with Crippen LogP contribution >= 0.6 is 0 Å². The molecular formula is C31H31FN2O5S. The number of carbonyl (C=O) groups excluding carboxylic acids is 1. The second kappa shape index (κ2) is 11.3. The number of amides is 1. The van der Waals surface area contributed by atoms with Gasteiger partial charge in [0.2, 0.25) is 10.0 Å². The Morgan fingerprint density at radius 2 is 1.88 bits per heavy atom.